The van der Waals surface area contributed by atoms with Gasteiger partial charge in [0.2, 0.25) is 0 Å². The summed E-state index contributed by atoms with van der Waals surface area (Å²) < 4.78 is 0. The summed E-state index contributed by atoms with van der Waals surface area (Å²) in [5.74, 6) is 2.31. The molecule has 1 N–H and O–H groups in total. The molecule has 0 aliphatic rings. The Morgan fingerprint density at radius 3 is 3.18 bits per heavy atom. The summed E-state index contributed by atoms with van der Waals surface area (Å²) in [6, 6.07) is 0. The Balaban J connectivity index is 2.51. The van der Waals surface area contributed by atoms with Crippen LogP contribution < -0.4 is 0 Å². The number of carbonyl (C=O) groups is 1. The van der Waals surface area contributed by atoms with Gasteiger partial charge in [-0.2, -0.15) is 15.4 Å². The van der Waals surface area contributed by atoms with Crippen molar-refractivity contribution >= 4 is 5.78 Å². The number of aromatic nitrogens is 3. The van der Waals surface area contributed by atoms with Gasteiger partial charge in [-0.25, -0.2) is 0 Å². The van der Waals surface area contributed by atoms with Gasteiger partial charge in [-0.1, -0.05) is 0 Å². The second-order valence-electron chi connectivity index (χ2n) is 1.98. The fraction of sp³-hybridized carbons (Fsp3) is 0.286. The van der Waals surface area contributed by atoms with Crippen LogP contribution in [-0.2, 0) is 0 Å². The average molecular weight is 149 g/mol. The maximum absolute atomic E-state index is 11.0. The van der Waals surface area contributed by atoms with Crippen LogP contribution in [0.1, 0.15) is 23.3 Å². The minimum absolute atomic E-state index is 0.0725. The van der Waals surface area contributed by atoms with Crippen molar-refractivity contribution in [2.24, 2.45) is 0 Å². The number of hydrogen-bond acceptors (Lipinski definition) is 3. The Morgan fingerprint density at radius 1 is 1.82 bits per heavy atom. The van der Waals surface area contributed by atoms with E-state index in [0.717, 1.165) is 0 Å². The minimum atomic E-state index is -0.0725. The standard InChI is InChI=1S/C7H7N3O/c1-2-3-4-7(11)6-5-8-10-9-6/h1,5H,3-4H2,(H,8,9,10). The van der Waals surface area contributed by atoms with Crippen LogP contribution >= 0.6 is 0 Å². The molecule has 11 heavy (non-hydrogen) atoms. The summed E-state index contributed by atoms with van der Waals surface area (Å²) in [7, 11) is 0. The number of carbonyl (C=O) groups excluding carboxylic acids is 1. The lowest BCUT2D eigenvalue weighted by Crippen LogP contribution is -1.98. The smallest absolute Gasteiger partial charge is 0.185 e. The summed E-state index contributed by atoms with van der Waals surface area (Å²) >= 11 is 0. The maximum Gasteiger partial charge on any atom is 0.185 e. The predicted octanol–water partition coefficient (Wildman–Crippen LogP) is 0.401. The molecule has 0 aliphatic carbocycles. The SMILES string of the molecule is C#CCCC(=O)c1cn[nH]n1. The molecule has 0 unspecified atom stereocenters. The van der Waals surface area contributed by atoms with E-state index >= 15 is 0 Å². The molecule has 0 bridgehead atoms. The van der Waals surface area contributed by atoms with Crippen molar-refractivity contribution in [3.63, 3.8) is 0 Å². The van der Waals surface area contributed by atoms with E-state index < -0.39 is 0 Å². The molecule has 56 valence electrons. The molecule has 0 radical (unpaired) electrons. The third kappa shape index (κ3) is 1.90. The molecule has 0 spiro atoms. The van der Waals surface area contributed by atoms with E-state index in [1.807, 2.05) is 0 Å². The summed E-state index contributed by atoms with van der Waals surface area (Å²) in [6.45, 7) is 0. The van der Waals surface area contributed by atoms with E-state index in [0.29, 0.717) is 18.5 Å². The first kappa shape index (κ1) is 7.48. The van der Waals surface area contributed by atoms with Crippen LogP contribution in [0.4, 0.5) is 0 Å². The number of ketones is 1. The highest BCUT2D eigenvalue weighted by Crippen LogP contribution is 1.98. The van der Waals surface area contributed by atoms with Gasteiger partial charge in [0.15, 0.2) is 5.78 Å². The molecule has 0 aliphatic heterocycles. The fourth-order valence-electron chi connectivity index (χ4n) is 0.650. The number of H-pyrrole nitrogens is 1. The minimum Gasteiger partial charge on any atom is -0.292 e. The van der Waals surface area contributed by atoms with Gasteiger partial charge >= 0.3 is 0 Å². The van der Waals surface area contributed by atoms with Crippen molar-refractivity contribution in [3.8, 4) is 12.3 Å². The van der Waals surface area contributed by atoms with Crippen LogP contribution in [0.15, 0.2) is 6.20 Å². The van der Waals surface area contributed by atoms with E-state index in [1.165, 1.54) is 6.20 Å². The fourth-order valence-corrected chi connectivity index (χ4v) is 0.650. The molecule has 1 aromatic rings. The molecule has 1 rings (SSSR count). The molecular formula is C7H7N3O. The third-order valence-electron chi connectivity index (χ3n) is 1.20. The van der Waals surface area contributed by atoms with E-state index in [4.69, 9.17) is 6.42 Å². The van der Waals surface area contributed by atoms with Gasteiger partial charge in [-0.3, -0.25) is 4.79 Å². The molecule has 0 fully saturated rings. The first-order chi connectivity index (χ1) is 5.34. The van der Waals surface area contributed by atoms with Crippen LogP contribution in [0.2, 0.25) is 0 Å². The van der Waals surface area contributed by atoms with Gasteiger partial charge in [0, 0.05) is 12.8 Å². The van der Waals surface area contributed by atoms with Crippen LogP contribution in [0, 0.1) is 12.3 Å². The van der Waals surface area contributed by atoms with Crippen LogP contribution in [-0.4, -0.2) is 21.2 Å². The normalized spacial score (nSPS) is 9.00. The Hall–Kier alpha value is -1.63. The number of Topliss-reactive ketones (excluding diaryl/α,β-unsaturated/α-hetero) is 1. The lowest BCUT2D eigenvalue weighted by molar-refractivity contribution is 0.0979. The second-order valence-corrected chi connectivity index (χ2v) is 1.98. The molecule has 0 aromatic carbocycles. The Bertz CT molecular complexity index is 270. The molecule has 0 amide bonds. The summed E-state index contributed by atoms with van der Waals surface area (Å²) in [5.41, 5.74) is 0.347. The van der Waals surface area contributed by atoms with Gasteiger partial charge in [-0.05, 0) is 0 Å². The van der Waals surface area contributed by atoms with Crippen molar-refractivity contribution < 1.29 is 4.79 Å². The van der Waals surface area contributed by atoms with Gasteiger partial charge in [0.05, 0.1) is 6.20 Å². The van der Waals surface area contributed by atoms with Crippen LogP contribution in [0.3, 0.4) is 0 Å². The van der Waals surface area contributed by atoms with Crippen molar-refractivity contribution in [2.75, 3.05) is 0 Å². The molecule has 0 atom stereocenters. The first-order valence-electron chi connectivity index (χ1n) is 3.17. The van der Waals surface area contributed by atoms with Gasteiger partial charge < -0.3 is 0 Å². The molecule has 0 saturated carbocycles. The van der Waals surface area contributed by atoms with Crippen molar-refractivity contribution in [2.45, 2.75) is 12.8 Å². The highest BCUT2D eigenvalue weighted by atomic mass is 16.1. The quantitative estimate of drug-likeness (QED) is 0.500. The highest BCUT2D eigenvalue weighted by molar-refractivity contribution is 5.93. The lowest BCUT2D eigenvalue weighted by Gasteiger charge is -1.88. The van der Waals surface area contributed by atoms with Crippen LogP contribution in [0.5, 0.6) is 0 Å². The number of terminal acetylenes is 1. The summed E-state index contributed by atoms with van der Waals surface area (Å²) in [5, 5.41) is 9.47. The van der Waals surface area contributed by atoms with E-state index in [2.05, 4.69) is 21.3 Å². The zero-order chi connectivity index (χ0) is 8.10. The average Bonchev–Trinajstić information content (AvgIpc) is 2.52. The van der Waals surface area contributed by atoms with E-state index in [-0.39, 0.29) is 5.78 Å². The van der Waals surface area contributed by atoms with E-state index in [9.17, 15) is 4.79 Å². The molecule has 1 heterocycles. The molecule has 4 nitrogen and oxygen atoms in total. The topological polar surface area (TPSA) is 58.6 Å². The Kier molecular flexibility index (Phi) is 2.39. The predicted molar refractivity (Wildman–Crippen MR) is 38.8 cm³/mol. The monoisotopic (exact) mass is 149 g/mol. The Morgan fingerprint density at radius 2 is 2.64 bits per heavy atom. The second kappa shape index (κ2) is 3.52. The third-order valence-corrected chi connectivity index (χ3v) is 1.20. The number of rotatable bonds is 3. The van der Waals surface area contributed by atoms with Gasteiger partial charge in [0.1, 0.15) is 5.69 Å². The lowest BCUT2D eigenvalue weighted by atomic mass is 10.2. The Labute approximate surface area is 64.0 Å². The number of aromatic amines is 1. The van der Waals surface area contributed by atoms with Gasteiger partial charge in [0.25, 0.3) is 0 Å². The molecule has 4 heteroatoms. The van der Waals surface area contributed by atoms with Gasteiger partial charge in [-0.15, -0.1) is 12.3 Å². The largest absolute Gasteiger partial charge is 0.292 e. The zero-order valence-electron chi connectivity index (χ0n) is 5.87. The summed E-state index contributed by atoms with van der Waals surface area (Å²) in [6.07, 6.45) is 7.16. The number of hydrogen-bond donors (Lipinski definition) is 1. The van der Waals surface area contributed by atoms with Crippen molar-refractivity contribution in [1.82, 2.24) is 15.4 Å². The van der Waals surface area contributed by atoms with Crippen LogP contribution in [0.25, 0.3) is 0 Å². The number of nitrogens with one attached hydrogen (secondary N) is 1. The molecule has 1 aromatic heterocycles. The first-order valence-corrected chi connectivity index (χ1v) is 3.17. The zero-order valence-corrected chi connectivity index (χ0v) is 5.87. The highest BCUT2D eigenvalue weighted by Gasteiger charge is 2.06. The number of nitrogens with zero attached hydrogens (tertiary/aromatic N) is 2. The maximum atomic E-state index is 11.0. The van der Waals surface area contributed by atoms with Crippen molar-refractivity contribution in [3.05, 3.63) is 11.9 Å². The summed E-state index contributed by atoms with van der Waals surface area (Å²) in [4.78, 5) is 11.0. The van der Waals surface area contributed by atoms with Crippen molar-refractivity contribution in [1.29, 1.82) is 0 Å². The van der Waals surface area contributed by atoms with E-state index in [1.54, 1.807) is 0 Å². The molecular weight excluding hydrogens is 142 g/mol. The molecule has 0 saturated heterocycles.